The molecule has 6 rings (SSSR count). The summed E-state index contributed by atoms with van der Waals surface area (Å²) in [6.07, 6.45) is 0.849. The fourth-order valence-electron chi connectivity index (χ4n) is 6.21. The number of carbonyl (C=O) groups excluding carboxylic acids is 3. The zero-order valence-corrected chi connectivity index (χ0v) is 18.4. The molecule has 4 heterocycles. The number of hydrogen-bond acceptors (Lipinski definition) is 8. The molecule has 2 aliphatic heterocycles. The molecule has 2 aromatic heterocycles. The van der Waals surface area contributed by atoms with Gasteiger partial charge in [-0.15, -0.1) is 23.1 Å². The Bertz CT molecular complexity index is 1120. The first-order valence-corrected chi connectivity index (χ1v) is 12.4. The molecule has 2 amide bonds. The topological polar surface area (TPSA) is 96.5 Å². The van der Waals surface area contributed by atoms with Gasteiger partial charge in [0.15, 0.2) is 0 Å². The summed E-state index contributed by atoms with van der Waals surface area (Å²) in [4.78, 5) is 56.5. The summed E-state index contributed by atoms with van der Waals surface area (Å²) in [6.45, 7) is -0.307. The Balaban J connectivity index is 1.42. The Kier molecular flexibility index (Phi) is 4.11. The normalized spacial score (nSPS) is 36.0. The summed E-state index contributed by atoms with van der Waals surface area (Å²) in [5.41, 5.74) is 0. The van der Waals surface area contributed by atoms with Crippen molar-refractivity contribution in [1.82, 2.24) is 9.88 Å². The van der Waals surface area contributed by atoms with Crippen LogP contribution in [0.1, 0.15) is 22.1 Å². The highest BCUT2D eigenvalue weighted by Crippen LogP contribution is 2.68. The summed E-state index contributed by atoms with van der Waals surface area (Å²) in [6, 6.07) is 4.12. The Morgan fingerprint density at radius 3 is 2.70 bits per heavy atom. The summed E-state index contributed by atoms with van der Waals surface area (Å²) in [5.74, 6) is -1.35. The highest BCUT2D eigenvalue weighted by atomic mass is 32.2. The van der Waals surface area contributed by atoms with Crippen LogP contribution in [0.2, 0.25) is 0 Å². The molecule has 30 heavy (non-hydrogen) atoms. The van der Waals surface area contributed by atoms with Crippen molar-refractivity contribution in [3.05, 3.63) is 36.9 Å². The zero-order chi connectivity index (χ0) is 20.7. The number of aromatic nitrogens is 1. The number of hydrogen-bond donors (Lipinski definition) is 1. The number of amides is 2. The van der Waals surface area contributed by atoms with Crippen LogP contribution in [0, 0.1) is 29.6 Å². The second kappa shape index (κ2) is 6.54. The van der Waals surface area contributed by atoms with E-state index in [9.17, 15) is 19.2 Å². The number of imide groups is 1. The average molecular weight is 463 g/mol. The smallest absolute Gasteiger partial charge is 0.325 e. The number of carbonyl (C=O) groups is 3. The van der Waals surface area contributed by atoms with Crippen molar-refractivity contribution < 1.29 is 19.1 Å². The number of thioether (sulfide) groups is 1. The summed E-state index contributed by atoms with van der Waals surface area (Å²) in [5, 5.41) is 3.13. The average Bonchev–Trinajstić information content (AvgIpc) is 3.52. The van der Waals surface area contributed by atoms with Gasteiger partial charge >= 0.3 is 10.8 Å². The van der Waals surface area contributed by atoms with Crippen LogP contribution >= 0.6 is 34.4 Å². The second-order valence-corrected chi connectivity index (χ2v) is 11.5. The van der Waals surface area contributed by atoms with E-state index in [-0.39, 0.29) is 64.0 Å². The van der Waals surface area contributed by atoms with Gasteiger partial charge < -0.3 is 9.72 Å². The van der Waals surface area contributed by atoms with Crippen molar-refractivity contribution in [2.45, 2.75) is 22.6 Å². The van der Waals surface area contributed by atoms with Crippen molar-refractivity contribution in [3.8, 4) is 0 Å². The number of fused-ring (bicyclic) bond motifs is 9. The lowest BCUT2D eigenvalue weighted by atomic mass is 9.69. The zero-order valence-electron chi connectivity index (χ0n) is 15.9. The molecule has 2 aromatic rings. The number of H-pyrrole nitrogens is 1. The Hall–Kier alpha value is -1.91. The molecule has 7 atom stereocenters. The minimum Gasteiger partial charge on any atom is -0.468 e. The third kappa shape index (κ3) is 2.38. The standard InChI is InChI=1S/C20H18N2O5S3/c1-27-10(23)6-22-18(24)12-7-5-8(13(12)19(22)25)15-11(7)14(9-3-2-4-28-9)16-17(29-15)21-20(26)30-16/h2-4,7-8,11-15H,5-6H2,1H3,(H,21,26)/t7-,8+,11+,12+,13+,14-,15-/m1/s1. The minimum absolute atomic E-state index is 0.0574. The van der Waals surface area contributed by atoms with Crippen molar-refractivity contribution >= 4 is 52.2 Å². The van der Waals surface area contributed by atoms with Crippen LogP contribution in [0.5, 0.6) is 0 Å². The SMILES string of the molecule is COC(=O)CN1C(=O)[C@H]2[C@@H]3C[C@@H]([C@@H]2C1=O)[C@H]1[C@@H](c2cccs2)c2sc(=O)[nH]c2S[C@H]31. The third-order valence-electron chi connectivity index (χ3n) is 7.18. The minimum atomic E-state index is -0.577. The first-order chi connectivity index (χ1) is 14.5. The van der Waals surface area contributed by atoms with Crippen molar-refractivity contribution in [1.29, 1.82) is 0 Å². The van der Waals surface area contributed by atoms with Gasteiger partial charge in [-0.3, -0.25) is 24.1 Å². The first kappa shape index (κ1) is 18.8. The monoisotopic (exact) mass is 462 g/mol. The first-order valence-electron chi connectivity index (χ1n) is 9.84. The predicted octanol–water partition coefficient (Wildman–Crippen LogP) is 2.14. The Morgan fingerprint density at radius 1 is 1.23 bits per heavy atom. The quantitative estimate of drug-likeness (QED) is 0.555. The molecule has 3 fully saturated rings. The van der Waals surface area contributed by atoms with E-state index in [0.717, 1.165) is 21.2 Å². The molecule has 1 N–H and O–H groups in total. The third-order valence-corrected chi connectivity index (χ3v) is 10.7. The maximum atomic E-state index is 13.2. The molecule has 156 valence electrons. The summed E-state index contributed by atoms with van der Waals surface area (Å²) >= 11 is 4.61. The maximum absolute atomic E-state index is 13.2. The lowest BCUT2D eigenvalue weighted by molar-refractivity contribution is -0.151. The van der Waals surface area contributed by atoms with Gasteiger partial charge in [0.1, 0.15) is 6.54 Å². The van der Waals surface area contributed by atoms with Crippen LogP contribution in [0.25, 0.3) is 0 Å². The van der Waals surface area contributed by atoms with Crippen LogP contribution in [-0.4, -0.2) is 46.6 Å². The van der Waals surface area contributed by atoms with E-state index in [1.54, 1.807) is 23.1 Å². The van der Waals surface area contributed by atoms with Crippen molar-refractivity contribution in [2.24, 2.45) is 29.6 Å². The predicted molar refractivity (Wildman–Crippen MR) is 112 cm³/mol. The van der Waals surface area contributed by atoms with Gasteiger partial charge in [-0.05, 0) is 35.6 Å². The van der Waals surface area contributed by atoms with E-state index in [4.69, 9.17) is 0 Å². The second-order valence-electron chi connectivity index (χ2n) is 8.31. The molecular weight excluding hydrogens is 444 g/mol. The van der Waals surface area contributed by atoms with Crippen LogP contribution in [0.3, 0.4) is 0 Å². The molecule has 0 unspecified atom stereocenters. The number of thiazole rings is 1. The van der Waals surface area contributed by atoms with Gasteiger partial charge in [0.2, 0.25) is 11.8 Å². The number of methoxy groups -OCH3 is 1. The lowest BCUT2D eigenvalue weighted by Gasteiger charge is -2.42. The molecule has 2 bridgehead atoms. The number of rotatable bonds is 3. The summed E-state index contributed by atoms with van der Waals surface area (Å²) in [7, 11) is 1.26. The molecule has 1 saturated heterocycles. The number of aromatic amines is 1. The van der Waals surface area contributed by atoms with Crippen LogP contribution in [-0.2, 0) is 19.1 Å². The fourth-order valence-corrected chi connectivity index (χ4v) is 10.1. The molecule has 2 saturated carbocycles. The number of nitrogens with zero attached hydrogens (tertiary/aromatic N) is 1. The van der Waals surface area contributed by atoms with Crippen molar-refractivity contribution in [2.75, 3.05) is 13.7 Å². The highest BCUT2D eigenvalue weighted by Gasteiger charge is 2.69. The molecule has 0 spiro atoms. The highest BCUT2D eigenvalue weighted by molar-refractivity contribution is 8.00. The van der Waals surface area contributed by atoms with Gasteiger partial charge in [-0.1, -0.05) is 17.4 Å². The van der Waals surface area contributed by atoms with Crippen LogP contribution in [0.4, 0.5) is 0 Å². The van der Waals surface area contributed by atoms with Crippen LogP contribution in [0.15, 0.2) is 27.3 Å². The van der Waals surface area contributed by atoms with E-state index >= 15 is 0 Å². The molecular formula is C20H18N2O5S3. The van der Waals surface area contributed by atoms with E-state index in [2.05, 4.69) is 15.8 Å². The Morgan fingerprint density at radius 2 is 2.00 bits per heavy atom. The van der Waals surface area contributed by atoms with Crippen LogP contribution < -0.4 is 4.87 Å². The van der Waals surface area contributed by atoms with E-state index in [0.29, 0.717) is 0 Å². The van der Waals surface area contributed by atoms with Gasteiger partial charge in [0.25, 0.3) is 0 Å². The summed E-state index contributed by atoms with van der Waals surface area (Å²) < 4.78 is 4.68. The van der Waals surface area contributed by atoms with Gasteiger partial charge in [-0.2, -0.15) is 0 Å². The molecule has 7 nitrogen and oxygen atoms in total. The van der Waals surface area contributed by atoms with Gasteiger partial charge in [0.05, 0.1) is 24.0 Å². The number of ether oxygens (including phenoxy) is 1. The number of nitrogens with one attached hydrogen (secondary N) is 1. The lowest BCUT2D eigenvalue weighted by Crippen LogP contribution is -2.42. The fraction of sp³-hybridized carbons (Fsp3) is 0.500. The number of esters is 1. The molecule has 0 radical (unpaired) electrons. The number of thiophene rings is 1. The molecule has 10 heteroatoms. The van der Waals surface area contributed by atoms with Gasteiger partial charge in [-0.25, -0.2) is 0 Å². The van der Waals surface area contributed by atoms with E-state index in [1.807, 2.05) is 11.4 Å². The number of likely N-dealkylation sites (tertiary alicyclic amines) is 1. The molecule has 4 aliphatic rings. The van der Waals surface area contributed by atoms with Gasteiger partial charge in [0, 0.05) is 20.9 Å². The van der Waals surface area contributed by atoms with E-state index in [1.165, 1.54) is 23.3 Å². The molecule has 2 aliphatic carbocycles. The van der Waals surface area contributed by atoms with Crippen molar-refractivity contribution in [3.63, 3.8) is 0 Å². The molecule has 0 aromatic carbocycles. The van der Waals surface area contributed by atoms with E-state index < -0.39 is 5.97 Å². The maximum Gasteiger partial charge on any atom is 0.325 e. The Labute approximate surface area is 183 Å². The largest absolute Gasteiger partial charge is 0.468 e.